The van der Waals surface area contributed by atoms with E-state index in [1.165, 1.54) is 163 Å². The Morgan fingerprint density at radius 2 is 0.680 bits per heavy atom. The molecule has 1 saturated carbocycles. The average molecular weight is 988 g/mol. The molecule has 9 aromatic carbocycles. The summed E-state index contributed by atoms with van der Waals surface area (Å²) in [6.45, 7) is 26.4. The Bertz CT molecular complexity index is 3090. The van der Waals surface area contributed by atoms with Gasteiger partial charge in [0.05, 0.1) is 0 Å². The topological polar surface area (TPSA) is 0 Å². The van der Waals surface area contributed by atoms with E-state index in [4.69, 9.17) is 0 Å². The zero-order valence-electron chi connectivity index (χ0n) is 47.8. The molecule has 0 aromatic heterocycles. The fourth-order valence-corrected chi connectivity index (χ4v) is 9.60. The Labute approximate surface area is 455 Å². The monoisotopic (exact) mass is 987 g/mol. The summed E-state index contributed by atoms with van der Waals surface area (Å²) < 4.78 is 0. The van der Waals surface area contributed by atoms with Gasteiger partial charge in [-0.25, -0.2) is 0 Å². The van der Waals surface area contributed by atoms with Crippen molar-refractivity contribution in [3.05, 3.63) is 262 Å². The number of rotatable bonds is 7. The molecule has 1 fully saturated rings. The van der Waals surface area contributed by atoms with E-state index in [9.17, 15) is 0 Å². The maximum absolute atomic E-state index is 2.42. The Morgan fingerprint density at radius 3 is 1.15 bits per heavy atom. The van der Waals surface area contributed by atoms with Crippen molar-refractivity contribution in [1.82, 2.24) is 0 Å². The van der Waals surface area contributed by atoms with Crippen LogP contribution in [0.2, 0.25) is 0 Å². The van der Waals surface area contributed by atoms with Gasteiger partial charge in [-0.1, -0.05) is 297 Å². The van der Waals surface area contributed by atoms with Crippen molar-refractivity contribution in [2.24, 2.45) is 0 Å². The molecular weight excluding hydrogens is 901 g/mol. The quantitative estimate of drug-likeness (QED) is 0.149. The Balaban J connectivity index is 0.000000157. The second kappa shape index (κ2) is 28.6. The van der Waals surface area contributed by atoms with Gasteiger partial charge in [0.1, 0.15) is 0 Å². The van der Waals surface area contributed by atoms with E-state index in [0.29, 0.717) is 0 Å². The van der Waals surface area contributed by atoms with E-state index in [0.717, 1.165) is 0 Å². The van der Waals surface area contributed by atoms with Crippen LogP contribution in [-0.2, 0) is 11.8 Å². The lowest BCUT2D eigenvalue weighted by molar-refractivity contribution is 0.504. The molecule has 0 saturated heterocycles. The van der Waals surface area contributed by atoms with Crippen LogP contribution in [0.4, 0.5) is 0 Å². The molecule has 9 aromatic rings. The summed E-state index contributed by atoms with van der Waals surface area (Å²) >= 11 is 0. The first kappa shape index (κ1) is 57.3. The van der Waals surface area contributed by atoms with E-state index >= 15 is 0 Å². The lowest BCUT2D eigenvalue weighted by Crippen LogP contribution is -2.15. The molecule has 2 aliphatic carbocycles. The van der Waals surface area contributed by atoms with E-state index in [-0.39, 0.29) is 5.41 Å². The standard InChI is InChI=1S/C22H22.C18H20.C14H14.C13H12.C4H8.C4H10/c1-15-9-11-19(12-10-15)21-13-18(4)22(14-17(21)3)20-8-6-5-7-16(20)2;1-4-7-13-10-11-15-14-8-5-6-9-16(14)18(2,3)17(15)12-13;1-11-7-3-5-9-13(11)14-10-6-4-8-12(14)2;1-11-7-9-13(10-8-11)12-5-3-2-4-6-12;1-2-4-3-1;1-3-4-2/h5-14H,1-4H3;5-6,8-12H,4,7H2,1-3H3;3-10H,1-2H3;2-10H,1H3;1-4H2;3-4H2,1-2H3. The van der Waals surface area contributed by atoms with Gasteiger partial charge < -0.3 is 0 Å². The van der Waals surface area contributed by atoms with Gasteiger partial charge in [0.15, 0.2) is 0 Å². The molecule has 0 spiro atoms. The minimum absolute atomic E-state index is 0.148. The van der Waals surface area contributed by atoms with Gasteiger partial charge in [0.25, 0.3) is 0 Å². The fourth-order valence-electron chi connectivity index (χ4n) is 9.60. The normalized spacial score (nSPS) is 12.1. The van der Waals surface area contributed by atoms with Gasteiger partial charge in [-0.05, 0) is 155 Å². The van der Waals surface area contributed by atoms with Gasteiger partial charge in [-0.2, -0.15) is 0 Å². The van der Waals surface area contributed by atoms with Crippen LogP contribution in [-0.4, -0.2) is 0 Å². The molecule has 0 radical (unpaired) electrons. The first-order chi connectivity index (χ1) is 36.3. The third-order valence-electron chi connectivity index (χ3n) is 14.8. The molecule has 0 bridgehead atoms. The van der Waals surface area contributed by atoms with E-state index < -0.39 is 0 Å². The minimum Gasteiger partial charge on any atom is -0.0654 e. The summed E-state index contributed by atoms with van der Waals surface area (Å²) in [6.07, 6.45) is 11.0. The smallest absolute Gasteiger partial charge is 0.0158 e. The molecule has 2 aliphatic rings. The van der Waals surface area contributed by atoms with E-state index in [1.54, 1.807) is 0 Å². The summed E-state index contributed by atoms with van der Waals surface area (Å²) in [4.78, 5) is 0. The highest BCUT2D eigenvalue weighted by molar-refractivity contribution is 5.81. The molecule has 0 unspecified atom stereocenters. The summed E-state index contributed by atoms with van der Waals surface area (Å²) in [5.74, 6) is 0. The van der Waals surface area contributed by atoms with Crippen molar-refractivity contribution < 1.29 is 0 Å². The summed E-state index contributed by atoms with van der Waals surface area (Å²) in [7, 11) is 0. The first-order valence-corrected chi connectivity index (χ1v) is 28.0. The van der Waals surface area contributed by atoms with E-state index in [2.05, 4.69) is 283 Å². The molecule has 386 valence electrons. The van der Waals surface area contributed by atoms with Crippen LogP contribution in [0.15, 0.2) is 206 Å². The number of aryl methyl sites for hydroxylation is 8. The second-order valence-electron chi connectivity index (χ2n) is 21.2. The molecule has 11 rings (SSSR count). The van der Waals surface area contributed by atoms with Crippen molar-refractivity contribution in [3.63, 3.8) is 0 Å². The van der Waals surface area contributed by atoms with Gasteiger partial charge in [0, 0.05) is 5.41 Å². The van der Waals surface area contributed by atoms with Crippen LogP contribution in [0.3, 0.4) is 0 Å². The van der Waals surface area contributed by atoms with E-state index in [1.807, 2.05) is 6.07 Å². The highest BCUT2D eigenvalue weighted by atomic mass is 14.4. The Kier molecular flexibility index (Phi) is 21.8. The fraction of sp³-hybridized carbons (Fsp3) is 0.280. The van der Waals surface area contributed by atoms with Gasteiger partial charge in [-0.15, -0.1) is 0 Å². The van der Waals surface area contributed by atoms with Crippen molar-refractivity contribution in [2.75, 3.05) is 0 Å². The van der Waals surface area contributed by atoms with Gasteiger partial charge in [0.2, 0.25) is 0 Å². The predicted octanol–water partition coefficient (Wildman–Crippen LogP) is 22.2. The predicted molar refractivity (Wildman–Crippen MR) is 331 cm³/mol. The second-order valence-corrected chi connectivity index (χ2v) is 21.2. The third kappa shape index (κ3) is 15.8. The lowest BCUT2D eigenvalue weighted by atomic mass is 9.82. The highest BCUT2D eigenvalue weighted by Gasteiger charge is 2.35. The molecular formula is C75H86. The van der Waals surface area contributed by atoms with Gasteiger partial charge in [-0.3, -0.25) is 0 Å². The van der Waals surface area contributed by atoms with Gasteiger partial charge >= 0.3 is 0 Å². The number of fused-ring (bicyclic) bond motifs is 3. The third-order valence-corrected chi connectivity index (χ3v) is 14.8. The lowest BCUT2D eigenvalue weighted by Gasteiger charge is -2.21. The zero-order valence-corrected chi connectivity index (χ0v) is 47.8. The molecule has 0 heteroatoms. The molecule has 0 atom stereocenters. The Hall–Kier alpha value is -7.02. The molecule has 0 amide bonds. The highest BCUT2D eigenvalue weighted by Crippen LogP contribution is 2.48. The number of unbranched alkanes of at least 4 members (excludes halogenated alkanes) is 1. The molecule has 75 heavy (non-hydrogen) atoms. The minimum atomic E-state index is 0.148. The molecule has 0 N–H and O–H groups in total. The van der Waals surface area contributed by atoms with Crippen LogP contribution in [0.1, 0.15) is 135 Å². The van der Waals surface area contributed by atoms with Crippen LogP contribution < -0.4 is 0 Å². The van der Waals surface area contributed by atoms with Crippen LogP contribution >= 0.6 is 0 Å². The summed E-state index contributed by atoms with van der Waals surface area (Å²) in [5.41, 5.74) is 27.2. The Morgan fingerprint density at radius 1 is 0.293 bits per heavy atom. The van der Waals surface area contributed by atoms with Crippen molar-refractivity contribution in [3.8, 4) is 55.6 Å². The average Bonchev–Trinajstić information content (AvgIpc) is 3.65. The zero-order chi connectivity index (χ0) is 53.7. The summed E-state index contributed by atoms with van der Waals surface area (Å²) in [6, 6.07) is 73.9. The number of hydrogen-bond acceptors (Lipinski definition) is 0. The van der Waals surface area contributed by atoms with Crippen LogP contribution in [0, 0.1) is 48.5 Å². The maximum atomic E-state index is 2.42. The molecule has 0 nitrogen and oxygen atoms in total. The van der Waals surface area contributed by atoms with Crippen LogP contribution in [0.25, 0.3) is 55.6 Å². The summed E-state index contributed by atoms with van der Waals surface area (Å²) in [5, 5.41) is 0. The molecule has 0 heterocycles. The maximum Gasteiger partial charge on any atom is 0.0158 e. The van der Waals surface area contributed by atoms with Crippen molar-refractivity contribution in [2.45, 2.75) is 140 Å². The largest absolute Gasteiger partial charge is 0.0654 e. The SMILES string of the molecule is C1CCC1.CCCC.CCCc1ccc2c(c1)C(C)(C)c1ccccc1-2.Cc1ccc(-c2cc(C)c(-c3ccccc3C)cc2C)cc1.Cc1ccc(-c2ccccc2)cc1.Cc1ccccc1-c1ccccc1C. The first-order valence-electron chi connectivity index (χ1n) is 28.0. The number of hydrogen-bond donors (Lipinski definition) is 0. The van der Waals surface area contributed by atoms with Crippen LogP contribution in [0.5, 0.6) is 0 Å². The number of benzene rings is 9. The van der Waals surface area contributed by atoms with Crippen molar-refractivity contribution in [1.29, 1.82) is 0 Å². The van der Waals surface area contributed by atoms with Crippen molar-refractivity contribution >= 4 is 0 Å². The molecule has 0 aliphatic heterocycles.